The first-order valence-corrected chi connectivity index (χ1v) is 7.55. The fourth-order valence-electron chi connectivity index (χ4n) is 2.57. The van der Waals surface area contributed by atoms with Crippen LogP contribution in [-0.2, 0) is 6.42 Å². The van der Waals surface area contributed by atoms with E-state index in [-0.39, 0.29) is 16.8 Å². The van der Waals surface area contributed by atoms with Crippen LogP contribution in [0.3, 0.4) is 0 Å². The first-order valence-electron chi connectivity index (χ1n) is 7.55. The summed E-state index contributed by atoms with van der Waals surface area (Å²) in [4.78, 5) is 27.7. The van der Waals surface area contributed by atoms with Gasteiger partial charge in [-0.25, -0.2) is 4.98 Å². The van der Waals surface area contributed by atoms with Crippen LogP contribution in [0.5, 0.6) is 0 Å². The van der Waals surface area contributed by atoms with Gasteiger partial charge in [-0.15, -0.1) is 0 Å². The lowest BCUT2D eigenvalue weighted by atomic mass is 10.1. The number of pyridine rings is 1. The number of aromatic amines is 1. The van der Waals surface area contributed by atoms with Crippen LogP contribution in [0.4, 0.5) is 0 Å². The van der Waals surface area contributed by atoms with Gasteiger partial charge in [0.2, 0.25) is 5.89 Å². The largest absolute Gasteiger partial charge is 0.417 e. The lowest BCUT2D eigenvalue weighted by molar-refractivity contribution is 0.604. The van der Waals surface area contributed by atoms with Crippen molar-refractivity contribution in [2.75, 3.05) is 0 Å². The summed E-state index contributed by atoms with van der Waals surface area (Å²) in [6, 6.07) is 11.5. The molecule has 6 heteroatoms. The Labute approximate surface area is 137 Å². The Hall–Kier alpha value is -3.28. The lowest BCUT2D eigenvalue weighted by Gasteiger charge is -2.04. The molecule has 0 aliphatic rings. The molecule has 0 saturated heterocycles. The van der Waals surface area contributed by atoms with E-state index < -0.39 is 0 Å². The number of H-pyrrole nitrogens is 1. The normalized spacial score (nSPS) is 11.0. The summed E-state index contributed by atoms with van der Waals surface area (Å²) in [5.74, 6) is 0.915. The van der Waals surface area contributed by atoms with Gasteiger partial charge in [0.15, 0.2) is 5.52 Å². The van der Waals surface area contributed by atoms with Crippen molar-refractivity contribution in [1.29, 1.82) is 0 Å². The molecule has 4 rings (SSSR count). The summed E-state index contributed by atoms with van der Waals surface area (Å²) in [6.07, 6.45) is 3.82. The van der Waals surface area contributed by atoms with Gasteiger partial charge < -0.3 is 9.40 Å². The van der Waals surface area contributed by atoms with Crippen molar-refractivity contribution in [2.45, 2.75) is 13.3 Å². The summed E-state index contributed by atoms with van der Waals surface area (Å²) in [5, 5.41) is 0. The molecular weight excluding hydrogens is 304 g/mol. The van der Waals surface area contributed by atoms with E-state index in [2.05, 4.69) is 19.9 Å². The second kappa shape index (κ2) is 5.73. The summed E-state index contributed by atoms with van der Waals surface area (Å²) >= 11 is 0. The maximum Gasteiger partial charge on any atom is 0.280 e. The van der Waals surface area contributed by atoms with E-state index in [1.54, 1.807) is 24.5 Å². The Balaban J connectivity index is 1.77. The van der Waals surface area contributed by atoms with Crippen LogP contribution in [0.15, 0.2) is 58.0 Å². The van der Waals surface area contributed by atoms with Crippen LogP contribution in [0.25, 0.3) is 22.7 Å². The number of aryl methyl sites for hydroxylation is 1. The second-order valence-corrected chi connectivity index (χ2v) is 5.52. The quantitative estimate of drug-likeness (QED) is 0.628. The Morgan fingerprint density at radius 2 is 1.88 bits per heavy atom. The molecule has 24 heavy (non-hydrogen) atoms. The van der Waals surface area contributed by atoms with Gasteiger partial charge in [0, 0.05) is 24.4 Å². The van der Waals surface area contributed by atoms with Gasteiger partial charge in [0.25, 0.3) is 11.3 Å². The lowest BCUT2D eigenvalue weighted by Crippen LogP contribution is -2.12. The molecule has 0 fully saturated rings. The van der Waals surface area contributed by atoms with Crippen molar-refractivity contribution < 1.29 is 4.42 Å². The molecule has 1 aromatic carbocycles. The number of benzene rings is 1. The number of nitrogens with zero attached hydrogens (tertiary/aromatic N) is 3. The standard InChI is InChI=1S/C18H14N4O2/c1-11-4-2-3-5-13(11)10-14-20-16(23)15-18(21-14)24-17(22-15)12-6-8-19-9-7-12/h2-9H,10H2,1H3,(H,20,21,23). The predicted octanol–water partition coefficient (Wildman–Crippen LogP) is 2.87. The maximum atomic E-state index is 12.3. The monoisotopic (exact) mass is 318 g/mol. The molecule has 0 amide bonds. The van der Waals surface area contributed by atoms with Gasteiger partial charge in [0.1, 0.15) is 5.82 Å². The molecular formula is C18H14N4O2. The number of fused-ring (bicyclic) bond motifs is 1. The summed E-state index contributed by atoms with van der Waals surface area (Å²) in [6.45, 7) is 2.03. The van der Waals surface area contributed by atoms with Crippen molar-refractivity contribution in [3.05, 3.63) is 76.1 Å². The highest BCUT2D eigenvalue weighted by Gasteiger charge is 2.14. The zero-order valence-corrected chi connectivity index (χ0v) is 13.0. The molecule has 1 N–H and O–H groups in total. The van der Waals surface area contributed by atoms with Gasteiger partial charge in [-0.3, -0.25) is 9.78 Å². The van der Waals surface area contributed by atoms with Crippen LogP contribution >= 0.6 is 0 Å². The molecule has 0 spiro atoms. The Morgan fingerprint density at radius 1 is 1.08 bits per heavy atom. The van der Waals surface area contributed by atoms with Crippen LogP contribution in [0, 0.1) is 6.92 Å². The number of nitrogens with one attached hydrogen (secondary N) is 1. The number of hydrogen-bond acceptors (Lipinski definition) is 5. The SMILES string of the molecule is Cc1ccccc1Cc1nc2oc(-c3ccncc3)nc2c(=O)[nH]1. The molecule has 0 bridgehead atoms. The van der Waals surface area contributed by atoms with Crippen LogP contribution < -0.4 is 5.56 Å². The summed E-state index contributed by atoms with van der Waals surface area (Å²) in [5.41, 5.74) is 3.16. The molecule has 3 aromatic heterocycles. The average Bonchev–Trinajstić information content (AvgIpc) is 3.03. The van der Waals surface area contributed by atoms with Gasteiger partial charge in [-0.1, -0.05) is 24.3 Å². The average molecular weight is 318 g/mol. The Morgan fingerprint density at radius 3 is 2.67 bits per heavy atom. The third-order valence-electron chi connectivity index (χ3n) is 3.87. The third-order valence-corrected chi connectivity index (χ3v) is 3.87. The molecule has 0 saturated carbocycles. The highest BCUT2D eigenvalue weighted by Crippen LogP contribution is 2.21. The van der Waals surface area contributed by atoms with E-state index >= 15 is 0 Å². The first kappa shape index (κ1) is 14.3. The molecule has 0 unspecified atom stereocenters. The minimum Gasteiger partial charge on any atom is -0.417 e. The molecule has 118 valence electrons. The van der Waals surface area contributed by atoms with Gasteiger partial charge in [-0.05, 0) is 30.2 Å². The van der Waals surface area contributed by atoms with Crippen molar-refractivity contribution >= 4 is 11.2 Å². The van der Waals surface area contributed by atoms with Crippen molar-refractivity contribution in [1.82, 2.24) is 19.9 Å². The Bertz CT molecular complexity index is 1070. The van der Waals surface area contributed by atoms with E-state index in [4.69, 9.17) is 4.42 Å². The number of oxazole rings is 1. The smallest absolute Gasteiger partial charge is 0.280 e. The van der Waals surface area contributed by atoms with Gasteiger partial charge >= 0.3 is 0 Å². The maximum absolute atomic E-state index is 12.3. The van der Waals surface area contributed by atoms with Crippen molar-refractivity contribution in [2.24, 2.45) is 0 Å². The molecule has 0 aliphatic carbocycles. The number of rotatable bonds is 3. The molecule has 0 aliphatic heterocycles. The number of aromatic nitrogens is 4. The van der Waals surface area contributed by atoms with Crippen LogP contribution in [-0.4, -0.2) is 19.9 Å². The van der Waals surface area contributed by atoms with Crippen LogP contribution in [0.1, 0.15) is 17.0 Å². The van der Waals surface area contributed by atoms with E-state index in [0.29, 0.717) is 18.1 Å². The molecule has 0 atom stereocenters. The van der Waals surface area contributed by atoms with E-state index in [9.17, 15) is 4.79 Å². The molecule has 0 radical (unpaired) electrons. The van der Waals surface area contributed by atoms with Crippen LogP contribution in [0.2, 0.25) is 0 Å². The van der Waals surface area contributed by atoms with E-state index in [0.717, 1.165) is 16.7 Å². The minimum absolute atomic E-state index is 0.204. The number of hydrogen-bond donors (Lipinski definition) is 1. The Kier molecular flexibility index (Phi) is 3.42. The highest BCUT2D eigenvalue weighted by molar-refractivity contribution is 5.71. The second-order valence-electron chi connectivity index (χ2n) is 5.52. The van der Waals surface area contributed by atoms with Crippen molar-refractivity contribution in [3.8, 4) is 11.5 Å². The van der Waals surface area contributed by atoms with E-state index in [1.165, 1.54) is 0 Å². The zero-order valence-electron chi connectivity index (χ0n) is 13.0. The predicted molar refractivity (Wildman–Crippen MR) is 89.6 cm³/mol. The summed E-state index contributed by atoms with van der Waals surface area (Å²) in [7, 11) is 0. The highest BCUT2D eigenvalue weighted by atomic mass is 16.4. The zero-order chi connectivity index (χ0) is 16.5. The first-order chi connectivity index (χ1) is 11.7. The topological polar surface area (TPSA) is 84.7 Å². The molecule has 4 aromatic rings. The van der Waals surface area contributed by atoms with Gasteiger partial charge in [0.05, 0.1) is 0 Å². The molecule has 3 heterocycles. The van der Waals surface area contributed by atoms with E-state index in [1.807, 2.05) is 31.2 Å². The van der Waals surface area contributed by atoms with Crippen molar-refractivity contribution in [3.63, 3.8) is 0 Å². The van der Waals surface area contributed by atoms with Gasteiger partial charge in [-0.2, -0.15) is 4.98 Å². The minimum atomic E-state index is -0.298. The fraction of sp³-hybridized carbons (Fsp3) is 0.111. The fourth-order valence-corrected chi connectivity index (χ4v) is 2.57. The summed E-state index contributed by atoms with van der Waals surface area (Å²) < 4.78 is 5.67. The third kappa shape index (κ3) is 2.58. The molecule has 6 nitrogen and oxygen atoms in total.